The molecule has 7 aliphatic heterocycles. The Morgan fingerprint density at radius 2 is 0.911 bits per heavy atom. The number of hydrogen-bond donors (Lipinski definition) is 4. The monoisotopic (exact) mass is 1130 g/mol. The van der Waals surface area contributed by atoms with Crippen molar-refractivity contribution in [1.29, 1.82) is 0 Å². The Labute approximate surface area is 481 Å². The van der Waals surface area contributed by atoms with E-state index in [0.717, 1.165) is 70.0 Å². The number of carbonyl (C=O) groups excluding carboxylic acids is 3. The first-order valence-corrected chi connectivity index (χ1v) is 32.9. The molecule has 0 aliphatic carbocycles. The minimum atomic E-state index is -0.644. The quantitative estimate of drug-likeness (QED) is 0.0501. The van der Waals surface area contributed by atoms with E-state index in [1.807, 2.05) is 11.8 Å². The number of hydrogen-bond acceptors (Lipinski definition) is 13. The minimum Gasteiger partial charge on any atom is -0.356 e. The third-order valence-corrected chi connectivity index (χ3v) is 22.1. The van der Waals surface area contributed by atoms with Crippen molar-refractivity contribution < 1.29 is 57.0 Å². The summed E-state index contributed by atoms with van der Waals surface area (Å²) in [5.41, 5.74) is 0. The van der Waals surface area contributed by atoms with Gasteiger partial charge in [-0.05, 0) is 81.5 Å². The number of unbranched alkanes of at least 4 members (excludes halogenated alkanes) is 3. The van der Waals surface area contributed by atoms with E-state index in [4.69, 9.17) is 42.6 Å². The van der Waals surface area contributed by atoms with Crippen molar-refractivity contribution in [3.05, 3.63) is 0 Å². The molecule has 0 aromatic rings. The molecule has 10 unspecified atom stereocenters. The summed E-state index contributed by atoms with van der Waals surface area (Å²) in [5, 5.41) is 12.8. The molecule has 7 fully saturated rings. The van der Waals surface area contributed by atoms with Crippen molar-refractivity contribution in [3.8, 4) is 0 Å². The smallest absolute Gasteiger partial charge is 0.315 e. The van der Waals surface area contributed by atoms with E-state index in [-0.39, 0.29) is 138 Å². The zero-order valence-electron chi connectivity index (χ0n) is 51.6. The number of carbonyl (C=O) groups is 3. The van der Waals surface area contributed by atoms with Gasteiger partial charge in [-0.3, -0.25) is 9.59 Å². The second-order valence-corrected chi connectivity index (χ2v) is 27.0. The van der Waals surface area contributed by atoms with Gasteiger partial charge in [0.15, 0.2) is 31.4 Å². The molecule has 0 radical (unpaired) electrons. The number of fused-ring (bicyclic) bond motifs is 1. The maximum absolute atomic E-state index is 13.7. The summed E-state index contributed by atoms with van der Waals surface area (Å²) >= 11 is 1.91. The fraction of sp³-hybridized carbons (Fsp3) is 0.952. The van der Waals surface area contributed by atoms with Crippen LogP contribution < -0.4 is 21.3 Å². The van der Waals surface area contributed by atoms with Crippen LogP contribution in [0.3, 0.4) is 0 Å². The fourth-order valence-electron chi connectivity index (χ4n) is 14.6. The van der Waals surface area contributed by atoms with Crippen molar-refractivity contribution in [3.63, 3.8) is 0 Å². The maximum Gasteiger partial charge on any atom is 0.315 e. The molecule has 456 valence electrons. The van der Waals surface area contributed by atoms with Crippen molar-refractivity contribution in [2.24, 2.45) is 65.1 Å². The molecule has 4 amide bonds. The highest BCUT2D eigenvalue weighted by molar-refractivity contribution is 8.00. The molecule has 16 nitrogen and oxygen atoms in total. The van der Waals surface area contributed by atoms with Crippen LogP contribution in [-0.2, 0) is 52.2 Å². The SMILES string of the molecule is CCC1O[C@@H](O[C@@H]2C(C)[C@H](O[C@@H]3C(C)[C@H](O[C@@H]4C(C)[C@H](OC5[C@H](NC(=O)CCCCCNC(=O)CCCC[C@@H]6SC[C@@H]7NC(=O)N[C@@H]76)OC(CC)[C@H](C)[C@@H]5C)OC(CC)[C@@H]4C)OC(CC)[C@@H]3C)OC(CC)[C@@H]2C)C(C)[C@@H](C)[C@H]1C. The van der Waals surface area contributed by atoms with Gasteiger partial charge >= 0.3 is 6.03 Å². The minimum absolute atomic E-state index is 0.0202. The lowest BCUT2D eigenvalue weighted by molar-refractivity contribution is -0.362. The molecule has 7 saturated heterocycles. The first-order chi connectivity index (χ1) is 37.7. The van der Waals surface area contributed by atoms with Gasteiger partial charge < -0.3 is 63.9 Å². The van der Waals surface area contributed by atoms with E-state index in [1.54, 1.807) is 0 Å². The van der Waals surface area contributed by atoms with E-state index in [1.165, 1.54) is 0 Å². The number of thioether (sulfide) groups is 1. The molecule has 4 N–H and O–H groups in total. The van der Waals surface area contributed by atoms with Crippen LogP contribution in [0.15, 0.2) is 0 Å². The highest BCUT2D eigenvalue weighted by Crippen LogP contribution is 2.46. The Hall–Kier alpha value is -1.80. The number of urea groups is 1. The molecular weight excluding hydrogens is 1020 g/mol. The van der Waals surface area contributed by atoms with E-state index in [2.05, 4.69) is 132 Å². The Morgan fingerprint density at radius 3 is 1.42 bits per heavy atom. The largest absolute Gasteiger partial charge is 0.356 e. The van der Waals surface area contributed by atoms with E-state index >= 15 is 0 Å². The number of ether oxygens (including phenoxy) is 9. The normalized spacial score (nSPS) is 45.3. The van der Waals surface area contributed by atoms with E-state index < -0.39 is 31.2 Å². The van der Waals surface area contributed by atoms with Gasteiger partial charge in [0.05, 0.1) is 60.9 Å². The van der Waals surface area contributed by atoms with Gasteiger partial charge in [-0.2, -0.15) is 11.8 Å². The Balaban J connectivity index is 0.934. The van der Waals surface area contributed by atoms with Crippen LogP contribution in [-0.4, -0.2) is 134 Å². The number of rotatable bonds is 25. The van der Waals surface area contributed by atoms with Gasteiger partial charge in [0.1, 0.15) is 6.10 Å². The average Bonchev–Trinajstić information content (AvgIpc) is 4.04. The fourth-order valence-corrected chi connectivity index (χ4v) is 16.2. The van der Waals surface area contributed by atoms with E-state index in [9.17, 15) is 14.4 Å². The second-order valence-electron chi connectivity index (χ2n) is 25.8. The highest BCUT2D eigenvalue weighted by Gasteiger charge is 2.53. The zero-order valence-corrected chi connectivity index (χ0v) is 52.4. The standard InChI is InChI=1S/C62H110N4O12S/c1-17-44-34(8)35(9)56(57(70-44)65-51(68)29-23-22-26-30-63-50(67)28-25-24-27-49-52-43(31-79-49)64-62(69)66-52)78-61-42(16)55(39(13)48(21-5)74-61)77-60-41(15)54(38(12)47(20-4)73-60)76-59-40(14)53(37(11)46(19-3)72-59)75-58-36(10)32(6)33(7)45(18-2)71-58/h32-49,52-61H,17-31H2,1-16H3,(H,63,67)(H,65,68)(H2,64,66,69)/t32-,33+,34+,35-,36?,37-,38-,39-,40?,41?,42?,43-,44?,45?,46?,47?,48?,49-,52-,53-,54-,55-,56?,57+,58-,59-,60-,61-/m0/s1. The van der Waals surface area contributed by atoms with Gasteiger partial charge in [-0.25, -0.2) is 4.79 Å². The van der Waals surface area contributed by atoms with Crippen LogP contribution in [0.2, 0.25) is 0 Å². The predicted octanol–water partition coefficient (Wildman–Crippen LogP) is 10.7. The molecule has 7 aliphatic rings. The topological polar surface area (TPSA) is 182 Å². The summed E-state index contributed by atoms with van der Waals surface area (Å²) in [6.45, 7) is 36.1. The first kappa shape index (κ1) is 64.8. The predicted molar refractivity (Wildman–Crippen MR) is 309 cm³/mol. The average molecular weight is 1140 g/mol. The number of nitrogens with one attached hydrogen (secondary N) is 4. The van der Waals surface area contributed by atoms with Crippen molar-refractivity contribution >= 4 is 29.6 Å². The van der Waals surface area contributed by atoms with Crippen LogP contribution in [0.5, 0.6) is 0 Å². The summed E-state index contributed by atoms with van der Waals surface area (Å²) < 4.78 is 63.0. The molecule has 0 spiro atoms. The maximum atomic E-state index is 13.7. The highest BCUT2D eigenvalue weighted by atomic mass is 32.2. The van der Waals surface area contributed by atoms with Crippen LogP contribution in [0.25, 0.3) is 0 Å². The molecule has 79 heavy (non-hydrogen) atoms. The first-order valence-electron chi connectivity index (χ1n) is 31.9. The van der Waals surface area contributed by atoms with Gasteiger partial charge in [0.25, 0.3) is 0 Å². The number of amides is 4. The molecule has 0 bridgehead atoms. The van der Waals surface area contributed by atoms with Crippen molar-refractivity contribution in [2.45, 2.75) is 298 Å². The van der Waals surface area contributed by atoms with Crippen molar-refractivity contribution in [1.82, 2.24) is 21.3 Å². The summed E-state index contributed by atoms with van der Waals surface area (Å²) in [6.07, 6.45) is 6.56. The van der Waals surface area contributed by atoms with Crippen LogP contribution in [0.1, 0.15) is 194 Å². The van der Waals surface area contributed by atoms with Crippen molar-refractivity contribution in [2.75, 3.05) is 12.3 Å². The molecule has 0 saturated carbocycles. The van der Waals surface area contributed by atoms with E-state index in [0.29, 0.717) is 42.9 Å². The molecule has 28 atom stereocenters. The van der Waals surface area contributed by atoms with Crippen LogP contribution in [0, 0.1) is 65.1 Å². The molecule has 0 aromatic carbocycles. The van der Waals surface area contributed by atoms with Gasteiger partial charge in [0.2, 0.25) is 11.8 Å². The van der Waals surface area contributed by atoms with Crippen LogP contribution >= 0.6 is 11.8 Å². The lowest BCUT2D eigenvalue weighted by Crippen LogP contribution is -2.61. The third-order valence-electron chi connectivity index (χ3n) is 20.6. The Morgan fingerprint density at radius 1 is 0.481 bits per heavy atom. The van der Waals surface area contributed by atoms with Gasteiger partial charge in [-0.1, -0.05) is 124 Å². The van der Waals surface area contributed by atoms with Gasteiger partial charge in [0, 0.05) is 71.8 Å². The summed E-state index contributed by atoms with van der Waals surface area (Å²) in [6, 6.07) is 0.356. The molecule has 7 heterocycles. The third kappa shape index (κ3) is 15.4. The summed E-state index contributed by atoms with van der Waals surface area (Å²) in [5.74, 6) is 2.41. The van der Waals surface area contributed by atoms with Gasteiger partial charge in [-0.15, -0.1) is 0 Å². The Bertz CT molecular complexity index is 1910. The molecule has 0 aromatic heterocycles. The van der Waals surface area contributed by atoms with Crippen LogP contribution in [0.4, 0.5) is 4.79 Å². The molecular formula is C62H110N4O12S. The second kappa shape index (κ2) is 29.8. The molecule has 17 heteroatoms. The Kier molecular flexibility index (Phi) is 24.4. The lowest BCUT2D eigenvalue weighted by Gasteiger charge is -2.52. The zero-order chi connectivity index (χ0) is 57.4. The lowest BCUT2D eigenvalue weighted by atomic mass is 9.78. The summed E-state index contributed by atoms with van der Waals surface area (Å²) in [7, 11) is 0. The summed E-state index contributed by atoms with van der Waals surface area (Å²) in [4.78, 5) is 38.0. The molecule has 7 rings (SSSR count).